The predicted molar refractivity (Wildman–Crippen MR) is 56.0 cm³/mol. The summed E-state index contributed by atoms with van der Waals surface area (Å²) in [5.41, 5.74) is 11.8. The molecule has 0 aliphatic rings. The normalized spacial score (nSPS) is 10.1. The second kappa shape index (κ2) is 4.64. The second-order valence-corrected chi connectivity index (χ2v) is 3.10. The van der Waals surface area contributed by atoms with Gasteiger partial charge < -0.3 is 16.2 Å². The first-order chi connectivity index (χ1) is 6.65. The maximum atomic E-state index is 5.61. The zero-order chi connectivity index (χ0) is 10.6. The van der Waals surface area contributed by atoms with Gasteiger partial charge in [0.1, 0.15) is 5.82 Å². The standard InChI is InChI=1S/C9H16N4O/c1-3-4-5-14-8-6(2)7(10)12-9(11)13-8/h3-5H2,1-2H3,(H4,10,11,12,13). The van der Waals surface area contributed by atoms with E-state index in [1.54, 1.807) is 0 Å². The van der Waals surface area contributed by atoms with Crippen molar-refractivity contribution in [1.82, 2.24) is 9.97 Å². The van der Waals surface area contributed by atoms with Crippen LogP contribution in [0.5, 0.6) is 5.88 Å². The van der Waals surface area contributed by atoms with Gasteiger partial charge in [-0.3, -0.25) is 0 Å². The van der Waals surface area contributed by atoms with E-state index >= 15 is 0 Å². The molecule has 0 aromatic carbocycles. The number of nitrogens with two attached hydrogens (primary N) is 2. The Morgan fingerprint density at radius 2 is 2.00 bits per heavy atom. The van der Waals surface area contributed by atoms with E-state index in [4.69, 9.17) is 16.2 Å². The Kier molecular flexibility index (Phi) is 3.50. The summed E-state index contributed by atoms with van der Waals surface area (Å²) in [5, 5.41) is 0. The number of unbranched alkanes of at least 4 members (excludes halogenated alkanes) is 1. The number of hydrogen-bond donors (Lipinski definition) is 2. The number of aromatic nitrogens is 2. The lowest BCUT2D eigenvalue weighted by molar-refractivity contribution is 0.296. The van der Waals surface area contributed by atoms with E-state index < -0.39 is 0 Å². The van der Waals surface area contributed by atoms with Crippen molar-refractivity contribution in [3.63, 3.8) is 0 Å². The zero-order valence-corrected chi connectivity index (χ0v) is 8.58. The molecule has 0 bridgehead atoms. The van der Waals surface area contributed by atoms with Crippen molar-refractivity contribution in [3.8, 4) is 5.88 Å². The number of nitrogens with zero attached hydrogens (tertiary/aromatic N) is 2. The number of ether oxygens (including phenoxy) is 1. The van der Waals surface area contributed by atoms with Gasteiger partial charge in [0.05, 0.1) is 12.2 Å². The maximum absolute atomic E-state index is 5.61. The molecule has 0 fully saturated rings. The van der Waals surface area contributed by atoms with Crippen LogP contribution in [0, 0.1) is 6.92 Å². The molecule has 0 spiro atoms. The molecule has 0 aliphatic heterocycles. The third-order valence-corrected chi connectivity index (χ3v) is 1.89. The highest BCUT2D eigenvalue weighted by molar-refractivity contribution is 5.47. The molecule has 1 aromatic rings. The van der Waals surface area contributed by atoms with Gasteiger partial charge in [-0.1, -0.05) is 13.3 Å². The van der Waals surface area contributed by atoms with E-state index in [0.717, 1.165) is 18.4 Å². The summed E-state index contributed by atoms with van der Waals surface area (Å²) in [6, 6.07) is 0. The summed E-state index contributed by atoms with van der Waals surface area (Å²) in [4.78, 5) is 7.80. The summed E-state index contributed by atoms with van der Waals surface area (Å²) in [5.74, 6) is 1.02. The molecule has 0 aliphatic carbocycles. The monoisotopic (exact) mass is 196 g/mol. The summed E-state index contributed by atoms with van der Waals surface area (Å²) in [7, 11) is 0. The fourth-order valence-electron chi connectivity index (χ4n) is 0.983. The molecule has 78 valence electrons. The Morgan fingerprint density at radius 3 is 2.64 bits per heavy atom. The average Bonchev–Trinajstić information content (AvgIpc) is 2.13. The van der Waals surface area contributed by atoms with Gasteiger partial charge in [-0.25, -0.2) is 0 Å². The van der Waals surface area contributed by atoms with Crippen molar-refractivity contribution >= 4 is 11.8 Å². The molecule has 4 N–H and O–H groups in total. The lowest BCUT2D eigenvalue weighted by Gasteiger charge is -2.08. The number of rotatable bonds is 4. The van der Waals surface area contributed by atoms with Crippen molar-refractivity contribution in [3.05, 3.63) is 5.56 Å². The molecule has 1 rings (SSSR count). The van der Waals surface area contributed by atoms with Gasteiger partial charge in [0, 0.05) is 0 Å². The molecule has 5 heteroatoms. The Bertz CT molecular complexity index is 314. The fourth-order valence-corrected chi connectivity index (χ4v) is 0.983. The van der Waals surface area contributed by atoms with Gasteiger partial charge in [-0.15, -0.1) is 0 Å². The fraction of sp³-hybridized carbons (Fsp3) is 0.556. The Balaban J connectivity index is 2.75. The minimum atomic E-state index is 0.152. The minimum Gasteiger partial charge on any atom is -0.477 e. The van der Waals surface area contributed by atoms with Gasteiger partial charge in [-0.05, 0) is 13.3 Å². The molecule has 1 heterocycles. The molecule has 14 heavy (non-hydrogen) atoms. The Labute approximate surface area is 83.5 Å². The van der Waals surface area contributed by atoms with E-state index in [1.807, 2.05) is 6.92 Å². The smallest absolute Gasteiger partial charge is 0.225 e. The van der Waals surface area contributed by atoms with Crippen molar-refractivity contribution in [2.45, 2.75) is 26.7 Å². The maximum Gasteiger partial charge on any atom is 0.225 e. The molecule has 0 unspecified atom stereocenters. The van der Waals surface area contributed by atoms with Gasteiger partial charge in [0.15, 0.2) is 0 Å². The van der Waals surface area contributed by atoms with Gasteiger partial charge in [0.25, 0.3) is 0 Å². The molecule has 0 amide bonds. The lowest BCUT2D eigenvalue weighted by Crippen LogP contribution is -2.07. The highest BCUT2D eigenvalue weighted by Gasteiger charge is 2.07. The molecule has 0 atom stereocenters. The van der Waals surface area contributed by atoms with Crippen LogP contribution in [0.1, 0.15) is 25.3 Å². The highest BCUT2D eigenvalue weighted by Crippen LogP contribution is 2.20. The van der Waals surface area contributed by atoms with Gasteiger partial charge in [0.2, 0.25) is 11.8 Å². The van der Waals surface area contributed by atoms with Crippen LogP contribution in [-0.2, 0) is 0 Å². The quantitative estimate of drug-likeness (QED) is 0.705. The van der Waals surface area contributed by atoms with E-state index in [2.05, 4.69) is 16.9 Å². The van der Waals surface area contributed by atoms with Crippen LogP contribution in [0.4, 0.5) is 11.8 Å². The Hall–Kier alpha value is -1.52. The van der Waals surface area contributed by atoms with Crippen LogP contribution in [0.15, 0.2) is 0 Å². The number of hydrogen-bond acceptors (Lipinski definition) is 5. The van der Waals surface area contributed by atoms with E-state index in [1.165, 1.54) is 0 Å². The van der Waals surface area contributed by atoms with Crippen LogP contribution in [-0.4, -0.2) is 16.6 Å². The summed E-state index contributed by atoms with van der Waals surface area (Å²) in [6.07, 6.45) is 2.07. The Morgan fingerprint density at radius 1 is 1.29 bits per heavy atom. The molecule has 0 saturated heterocycles. The van der Waals surface area contributed by atoms with Crippen LogP contribution < -0.4 is 16.2 Å². The third kappa shape index (κ3) is 2.48. The van der Waals surface area contributed by atoms with Crippen molar-refractivity contribution < 1.29 is 4.74 Å². The van der Waals surface area contributed by atoms with Gasteiger partial charge in [-0.2, -0.15) is 9.97 Å². The van der Waals surface area contributed by atoms with Crippen LogP contribution in [0.25, 0.3) is 0 Å². The van der Waals surface area contributed by atoms with Crippen LogP contribution >= 0.6 is 0 Å². The largest absolute Gasteiger partial charge is 0.477 e. The number of nitrogen functional groups attached to an aromatic ring is 2. The van der Waals surface area contributed by atoms with Crippen molar-refractivity contribution in [2.24, 2.45) is 0 Å². The average molecular weight is 196 g/mol. The van der Waals surface area contributed by atoms with Crippen LogP contribution in [0.3, 0.4) is 0 Å². The van der Waals surface area contributed by atoms with Crippen LogP contribution in [0.2, 0.25) is 0 Å². The molecular formula is C9H16N4O. The van der Waals surface area contributed by atoms with Gasteiger partial charge >= 0.3 is 0 Å². The molecule has 0 saturated carbocycles. The van der Waals surface area contributed by atoms with E-state index in [0.29, 0.717) is 18.3 Å². The van der Waals surface area contributed by atoms with Crippen molar-refractivity contribution in [2.75, 3.05) is 18.1 Å². The number of anilines is 2. The van der Waals surface area contributed by atoms with E-state index in [-0.39, 0.29) is 5.95 Å². The van der Waals surface area contributed by atoms with Crippen molar-refractivity contribution in [1.29, 1.82) is 0 Å². The molecular weight excluding hydrogens is 180 g/mol. The van der Waals surface area contributed by atoms with E-state index in [9.17, 15) is 0 Å². The summed E-state index contributed by atoms with van der Waals surface area (Å²) < 4.78 is 5.43. The molecule has 5 nitrogen and oxygen atoms in total. The first-order valence-electron chi connectivity index (χ1n) is 4.67. The summed E-state index contributed by atoms with van der Waals surface area (Å²) >= 11 is 0. The SMILES string of the molecule is CCCCOc1nc(N)nc(N)c1C. The predicted octanol–water partition coefficient (Wildman–Crippen LogP) is 1.13. The molecule has 0 radical (unpaired) electrons. The first kappa shape index (κ1) is 10.6. The minimum absolute atomic E-state index is 0.152. The summed E-state index contributed by atoms with van der Waals surface area (Å²) in [6.45, 7) is 4.54. The third-order valence-electron chi connectivity index (χ3n) is 1.89. The topological polar surface area (TPSA) is 87.0 Å². The first-order valence-corrected chi connectivity index (χ1v) is 4.67. The second-order valence-electron chi connectivity index (χ2n) is 3.10. The lowest BCUT2D eigenvalue weighted by atomic mass is 10.3. The zero-order valence-electron chi connectivity index (χ0n) is 8.58. The highest BCUT2D eigenvalue weighted by atomic mass is 16.5. The molecule has 1 aromatic heterocycles.